The van der Waals surface area contributed by atoms with Crippen molar-refractivity contribution in [3.63, 3.8) is 0 Å². The van der Waals surface area contributed by atoms with Crippen LogP contribution in [0.4, 0.5) is 5.69 Å². The van der Waals surface area contributed by atoms with E-state index in [4.69, 9.17) is 5.11 Å². The van der Waals surface area contributed by atoms with Crippen molar-refractivity contribution in [3.8, 4) is 0 Å². The van der Waals surface area contributed by atoms with Crippen LogP contribution in [0.5, 0.6) is 0 Å². The molecule has 0 saturated heterocycles. The molecule has 0 saturated carbocycles. The van der Waals surface area contributed by atoms with Gasteiger partial charge in [-0.05, 0) is 36.8 Å². The molecular weight excluding hydrogens is 320 g/mol. The number of rotatable bonds is 3. The molecule has 20 heavy (non-hydrogen) atoms. The van der Waals surface area contributed by atoms with Gasteiger partial charge in [0.2, 0.25) is 0 Å². The average molecular weight is 335 g/mol. The summed E-state index contributed by atoms with van der Waals surface area (Å²) in [5, 5.41) is 9.09. The molecule has 0 fully saturated rings. The third-order valence-corrected chi connectivity index (χ3v) is 3.56. The summed E-state index contributed by atoms with van der Waals surface area (Å²) in [6.07, 6.45) is 1.53. The summed E-state index contributed by atoms with van der Waals surface area (Å²) in [4.78, 5) is 18.0. The summed E-state index contributed by atoms with van der Waals surface area (Å²) in [5.74, 6) is -0.136. The second-order valence-corrected chi connectivity index (χ2v) is 5.40. The maximum Gasteiger partial charge on any atom is 0.258 e. The Kier molecular flexibility index (Phi) is 4.52. The molecule has 1 N–H and O–H groups in total. The summed E-state index contributed by atoms with van der Waals surface area (Å²) in [6, 6.07) is 9.04. The molecule has 2 aromatic rings. The zero-order valence-electron chi connectivity index (χ0n) is 11.3. The van der Waals surface area contributed by atoms with E-state index < -0.39 is 0 Å². The van der Waals surface area contributed by atoms with E-state index in [1.807, 2.05) is 25.1 Å². The number of carbonyl (C=O) groups excluding carboxylic acids is 1. The van der Waals surface area contributed by atoms with Crippen LogP contribution < -0.4 is 4.90 Å². The van der Waals surface area contributed by atoms with Crippen LogP contribution in [0.15, 0.2) is 41.0 Å². The largest absolute Gasteiger partial charge is 0.390 e. The SMILES string of the molecule is Cc1ccc(Br)cc1N(C)C(=O)c1ccnc(CO)c1. The highest BCUT2D eigenvalue weighted by Gasteiger charge is 2.16. The Morgan fingerprint density at radius 2 is 2.10 bits per heavy atom. The third-order valence-electron chi connectivity index (χ3n) is 3.06. The van der Waals surface area contributed by atoms with Gasteiger partial charge in [0, 0.05) is 29.0 Å². The van der Waals surface area contributed by atoms with E-state index in [1.54, 1.807) is 24.1 Å². The first-order chi connectivity index (χ1) is 9.52. The maximum absolute atomic E-state index is 12.5. The lowest BCUT2D eigenvalue weighted by molar-refractivity contribution is 0.0992. The van der Waals surface area contributed by atoms with E-state index in [-0.39, 0.29) is 12.5 Å². The van der Waals surface area contributed by atoms with Gasteiger partial charge in [-0.1, -0.05) is 22.0 Å². The van der Waals surface area contributed by atoms with Crippen molar-refractivity contribution in [2.45, 2.75) is 13.5 Å². The van der Waals surface area contributed by atoms with Crippen molar-refractivity contribution >= 4 is 27.5 Å². The second kappa shape index (κ2) is 6.15. The highest BCUT2D eigenvalue weighted by atomic mass is 79.9. The predicted molar refractivity (Wildman–Crippen MR) is 81.8 cm³/mol. The average Bonchev–Trinajstić information content (AvgIpc) is 2.48. The molecule has 0 bridgehead atoms. The summed E-state index contributed by atoms with van der Waals surface area (Å²) < 4.78 is 0.920. The van der Waals surface area contributed by atoms with E-state index in [0.717, 1.165) is 15.7 Å². The number of hydrogen-bond acceptors (Lipinski definition) is 3. The summed E-state index contributed by atoms with van der Waals surface area (Å²) >= 11 is 3.41. The number of aliphatic hydroxyl groups excluding tert-OH is 1. The summed E-state index contributed by atoms with van der Waals surface area (Å²) in [6.45, 7) is 1.78. The summed E-state index contributed by atoms with van der Waals surface area (Å²) in [5.41, 5.74) is 2.84. The van der Waals surface area contributed by atoms with Gasteiger partial charge in [-0.3, -0.25) is 9.78 Å². The van der Waals surface area contributed by atoms with Gasteiger partial charge in [-0.15, -0.1) is 0 Å². The number of halogens is 1. The molecule has 0 spiro atoms. The quantitative estimate of drug-likeness (QED) is 0.938. The first-order valence-corrected chi connectivity index (χ1v) is 6.92. The smallest absolute Gasteiger partial charge is 0.258 e. The molecule has 0 aliphatic heterocycles. The van der Waals surface area contributed by atoms with Gasteiger partial charge in [0.05, 0.1) is 12.3 Å². The molecule has 0 atom stereocenters. The lowest BCUT2D eigenvalue weighted by Crippen LogP contribution is -2.27. The van der Waals surface area contributed by atoms with E-state index in [0.29, 0.717) is 11.3 Å². The second-order valence-electron chi connectivity index (χ2n) is 4.49. The normalized spacial score (nSPS) is 10.4. The maximum atomic E-state index is 12.5. The van der Waals surface area contributed by atoms with Crippen molar-refractivity contribution in [1.82, 2.24) is 4.98 Å². The Morgan fingerprint density at radius 3 is 2.80 bits per heavy atom. The van der Waals surface area contributed by atoms with Gasteiger partial charge in [-0.2, -0.15) is 0 Å². The van der Waals surface area contributed by atoms with Crippen LogP contribution in [0, 0.1) is 6.92 Å². The highest BCUT2D eigenvalue weighted by molar-refractivity contribution is 9.10. The van der Waals surface area contributed by atoms with Gasteiger partial charge in [0.1, 0.15) is 0 Å². The highest BCUT2D eigenvalue weighted by Crippen LogP contribution is 2.25. The lowest BCUT2D eigenvalue weighted by atomic mass is 10.1. The minimum atomic E-state index is -0.180. The molecule has 0 aliphatic carbocycles. The molecule has 5 heteroatoms. The number of aromatic nitrogens is 1. The molecule has 104 valence electrons. The molecular formula is C15H15BrN2O2. The third kappa shape index (κ3) is 3.05. The van der Waals surface area contributed by atoms with Gasteiger partial charge in [-0.25, -0.2) is 0 Å². The molecule has 1 aromatic heterocycles. The van der Waals surface area contributed by atoms with Gasteiger partial charge >= 0.3 is 0 Å². The topological polar surface area (TPSA) is 53.4 Å². The molecule has 0 unspecified atom stereocenters. The first kappa shape index (κ1) is 14.7. The van der Waals surface area contributed by atoms with Crippen LogP contribution in [0.2, 0.25) is 0 Å². The Morgan fingerprint density at radius 1 is 1.35 bits per heavy atom. The number of carbonyl (C=O) groups is 1. The number of pyridine rings is 1. The summed E-state index contributed by atoms with van der Waals surface area (Å²) in [7, 11) is 1.73. The monoisotopic (exact) mass is 334 g/mol. The Labute approximate surface area is 126 Å². The van der Waals surface area contributed by atoms with Crippen LogP contribution in [0.1, 0.15) is 21.6 Å². The van der Waals surface area contributed by atoms with Gasteiger partial charge in [0.25, 0.3) is 5.91 Å². The molecule has 1 heterocycles. The van der Waals surface area contributed by atoms with Crippen molar-refractivity contribution < 1.29 is 9.90 Å². The van der Waals surface area contributed by atoms with Crippen molar-refractivity contribution in [2.75, 3.05) is 11.9 Å². The van der Waals surface area contributed by atoms with Crippen LogP contribution in [-0.2, 0) is 6.61 Å². The predicted octanol–water partition coefficient (Wildman–Crippen LogP) is 2.92. The number of aliphatic hydroxyl groups is 1. The van der Waals surface area contributed by atoms with Crippen LogP contribution in [-0.4, -0.2) is 23.0 Å². The molecule has 0 radical (unpaired) electrons. The Bertz CT molecular complexity index is 644. The first-order valence-electron chi connectivity index (χ1n) is 6.13. The van der Waals surface area contributed by atoms with E-state index in [2.05, 4.69) is 20.9 Å². The van der Waals surface area contributed by atoms with E-state index >= 15 is 0 Å². The molecule has 1 aromatic carbocycles. The van der Waals surface area contributed by atoms with Crippen molar-refractivity contribution in [1.29, 1.82) is 0 Å². The van der Waals surface area contributed by atoms with Crippen LogP contribution in [0.3, 0.4) is 0 Å². The Balaban J connectivity index is 2.34. The minimum absolute atomic E-state index is 0.136. The Hall–Kier alpha value is -1.72. The molecule has 1 amide bonds. The van der Waals surface area contributed by atoms with Crippen molar-refractivity contribution in [2.24, 2.45) is 0 Å². The standard InChI is InChI=1S/C15H15BrN2O2/c1-10-3-4-12(16)8-14(10)18(2)15(20)11-5-6-17-13(7-11)9-19/h3-8,19H,9H2,1-2H3. The van der Waals surface area contributed by atoms with E-state index in [9.17, 15) is 4.79 Å². The number of hydrogen-bond donors (Lipinski definition) is 1. The minimum Gasteiger partial charge on any atom is -0.390 e. The lowest BCUT2D eigenvalue weighted by Gasteiger charge is -2.20. The van der Waals surface area contributed by atoms with E-state index in [1.165, 1.54) is 6.20 Å². The number of anilines is 1. The number of amides is 1. The van der Waals surface area contributed by atoms with Crippen LogP contribution in [0.25, 0.3) is 0 Å². The fourth-order valence-corrected chi connectivity index (χ4v) is 2.29. The van der Waals surface area contributed by atoms with Gasteiger partial charge < -0.3 is 10.0 Å². The molecule has 0 aliphatic rings. The zero-order chi connectivity index (χ0) is 14.7. The van der Waals surface area contributed by atoms with Gasteiger partial charge in [0.15, 0.2) is 0 Å². The number of benzene rings is 1. The van der Waals surface area contributed by atoms with Crippen molar-refractivity contribution in [3.05, 3.63) is 57.8 Å². The fourth-order valence-electron chi connectivity index (χ4n) is 1.94. The number of aryl methyl sites for hydroxylation is 1. The fraction of sp³-hybridized carbons (Fsp3) is 0.200. The molecule has 4 nitrogen and oxygen atoms in total. The zero-order valence-corrected chi connectivity index (χ0v) is 12.9. The van der Waals surface area contributed by atoms with Crippen LogP contribution >= 0.6 is 15.9 Å². The molecule has 2 rings (SSSR count). The number of nitrogens with zero attached hydrogens (tertiary/aromatic N) is 2.